The number of rotatable bonds is 4. The Kier molecular flexibility index (Phi) is 4.36. The molecule has 0 spiro atoms. The molecule has 0 amide bonds. The molecule has 21 heavy (non-hydrogen) atoms. The Morgan fingerprint density at radius 3 is 2.71 bits per heavy atom. The van der Waals surface area contributed by atoms with Gasteiger partial charge in [0.1, 0.15) is 12.1 Å². The average molecular weight is 289 g/mol. The van der Waals surface area contributed by atoms with Gasteiger partial charge in [-0.15, -0.1) is 0 Å². The van der Waals surface area contributed by atoms with Crippen molar-refractivity contribution >= 4 is 11.8 Å². The van der Waals surface area contributed by atoms with E-state index in [9.17, 15) is 4.79 Å². The molecule has 1 heterocycles. The number of nitrogens with one attached hydrogen (secondary N) is 1. The van der Waals surface area contributed by atoms with Gasteiger partial charge in [-0.05, 0) is 57.3 Å². The van der Waals surface area contributed by atoms with Crippen molar-refractivity contribution in [2.24, 2.45) is 11.8 Å². The van der Waals surface area contributed by atoms with Crippen LogP contribution >= 0.6 is 0 Å². The highest BCUT2D eigenvalue weighted by Gasteiger charge is 2.26. The number of fused-ring (bicyclic) bond motifs is 1. The Morgan fingerprint density at radius 2 is 1.95 bits per heavy atom. The molecule has 3 rings (SSSR count). The van der Waals surface area contributed by atoms with E-state index in [0.29, 0.717) is 5.92 Å². The van der Waals surface area contributed by atoms with Crippen LogP contribution < -0.4 is 5.32 Å². The molecule has 1 aromatic rings. The van der Waals surface area contributed by atoms with Crippen molar-refractivity contribution in [3.05, 3.63) is 17.6 Å². The van der Waals surface area contributed by atoms with Gasteiger partial charge in [-0.3, -0.25) is 4.79 Å². The average Bonchev–Trinajstić information content (AvgIpc) is 2.53. The fraction of sp³-hybridized carbons (Fsp3) is 0.688. The molecular formula is C16H23N3O2. The summed E-state index contributed by atoms with van der Waals surface area (Å²) >= 11 is 0. The third-order valence-corrected chi connectivity index (χ3v) is 4.88. The Hall–Kier alpha value is -1.65. The molecule has 0 unspecified atom stereocenters. The molecule has 114 valence electrons. The molecule has 1 aromatic heterocycles. The molecule has 0 bridgehead atoms. The number of carbonyl (C=O) groups is 1. The molecule has 2 aliphatic rings. The maximum Gasteiger partial charge on any atom is 0.306 e. The molecule has 0 saturated heterocycles. The maximum absolute atomic E-state index is 11.0. The van der Waals surface area contributed by atoms with E-state index >= 15 is 0 Å². The van der Waals surface area contributed by atoms with E-state index in [1.54, 1.807) is 6.33 Å². The summed E-state index contributed by atoms with van der Waals surface area (Å²) in [4.78, 5) is 19.8. The van der Waals surface area contributed by atoms with Crippen LogP contribution in [0.25, 0.3) is 0 Å². The molecule has 5 heteroatoms. The number of hydrogen-bond donors (Lipinski definition) is 2. The van der Waals surface area contributed by atoms with Crippen LogP contribution in [0.4, 0.5) is 5.82 Å². The number of anilines is 1. The van der Waals surface area contributed by atoms with Crippen molar-refractivity contribution < 1.29 is 9.90 Å². The van der Waals surface area contributed by atoms with Gasteiger partial charge in [0, 0.05) is 17.8 Å². The number of aliphatic carboxylic acids is 1. The van der Waals surface area contributed by atoms with Crippen LogP contribution in [0.15, 0.2) is 6.33 Å². The molecule has 0 aromatic carbocycles. The summed E-state index contributed by atoms with van der Waals surface area (Å²) in [7, 11) is 0. The Bertz CT molecular complexity index is 510. The summed E-state index contributed by atoms with van der Waals surface area (Å²) in [6, 6.07) is 0. The van der Waals surface area contributed by atoms with E-state index in [-0.39, 0.29) is 5.92 Å². The van der Waals surface area contributed by atoms with Gasteiger partial charge in [-0.25, -0.2) is 9.97 Å². The molecule has 1 fully saturated rings. The van der Waals surface area contributed by atoms with Crippen molar-refractivity contribution in [1.82, 2.24) is 9.97 Å². The quantitative estimate of drug-likeness (QED) is 0.891. The molecule has 0 aliphatic heterocycles. The second-order valence-corrected chi connectivity index (χ2v) is 6.29. The summed E-state index contributed by atoms with van der Waals surface area (Å²) in [6.45, 7) is 0.899. The summed E-state index contributed by atoms with van der Waals surface area (Å²) in [5, 5.41) is 12.5. The zero-order chi connectivity index (χ0) is 14.7. The SMILES string of the molecule is O=C(O)C1CCC(CNc2ncnc3c2CCCC3)CC1. The lowest BCUT2D eigenvalue weighted by molar-refractivity contribution is -0.143. The zero-order valence-electron chi connectivity index (χ0n) is 12.3. The van der Waals surface area contributed by atoms with Crippen LogP contribution in [0.2, 0.25) is 0 Å². The number of nitrogens with zero attached hydrogens (tertiary/aromatic N) is 2. The lowest BCUT2D eigenvalue weighted by Gasteiger charge is -2.27. The number of aryl methyl sites for hydroxylation is 1. The number of carboxylic acids is 1. The Labute approximate surface area is 125 Å². The highest BCUT2D eigenvalue weighted by molar-refractivity contribution is 5.70. The van der Waals surface area contributed by atoms with Gasteiger partial charge < -0.3 is 10.4 Å². The van der Waals surface area contributed by atoms with Crippen molar-refractivity contribution in [3.8, 4) is 0 Å². The minimum atomic E-state index is -0.633. The number of aromatic nitrogens is 2. The predicted molar refractivity (Wildman–Crippen MR) is 80.2 cm³/mol. The molecule has 5 nitrogen and oxygen atoms in total. The van der Waals surface area contributed by atoms with Gasteiger partial charge in [0.05, 0.1) is 5.92 Å². The van der Waals surface area contributed by atoms with E-state index in [4.69, 9.17) is 5.11 Å². The lowest BCUT2D eigenvalue weighted by atomic mass is 9.82. The molecule has 1 saturated carbocycles. The first-order valence-electron chi connectivity index (χ1n) is 8.03. The fourth-order valence-electron chi connectivity index (χ4n) is 3.53. The van der Waals surface area contributed by atoms with Crippen molar-refractivity contribution in [2.45, 2.75) is 51.4 Å². The van der Waals surface area contributed by atoms with E-state index in [1.807, 2.05) is 0 Å². The number of carboxylic acid groups (broad SMARTS) is 1. The number of hydrogen-bond acceptors (Lipinski definition) is 4. The van der Waals surface area contributed by atoms with E-state index in [1.165, 1.54) is 24.1 Å². The lowest BCUT2D eigenvalue weighted by Crippen LogP contribution is -2.26. The smallest absolute Gasteiger partial charge is 0.306 e. The standard InChI is InChI=1S/C16H23N3O2/c20-16(21)12-7-5-11(6-8-12)9-17-15-13-3-1-2-4-14(13)18-10-19-15/h10-12H,1-9H2,(H,20,21)(H,17,18,19). The van der Waals surface area contributed by atoms with Gasteiger partial charge in [0.25, 0.3) is 0 Å². The van der Waals surface area contributed by atoms with Crippen LogP contribution in [0, 0.1) is 11.8 Å². The minimum absolute atomic E-state index is 0.131. The first-order chi connectivity index (χ1) is 10.2. The van der Waals surface area contributed by atoms with Gasteiger partial charge in [0.15, 0.2) is 0 Å². The summed E-state index contributed by atoms with van der Waals surface area (Å²) in [5.41, 5.74) is 2.50. The van der Waals surface area contributed by atoms with Crippen LogP contribution in [-0.2, 0) is 17.6 Å². The molecular weight excluding hydrogens is 266 g/mol. The summed E-state index contributed by atoms with van der Waals surface area (Å²) in [6.07, 6.45) is 9.86. The van der Waals surface area contributed by atoms with E-state index < -0.39 is 5.97 Å². The maximum atomic E-state index is 11.0. The first-order valence-corrected chi connectivity index (χ1v) is 8.03. The van der Waals surface area contributed by atoms with Crippen molar-refractivity contribution in [3.63, 3.8) is 0 Å². The third-order valence-electron chi connectivity index (χ3n) is 4.88. The molecule has 2 N–H and O–H groups in total. The Balaban J connectivity index is 1.55. The van der Waals surface area contributed by atoms with Crippen molar-refractivity contribution in [2.75, 3.05) is 11.9 Å². The van der Waals surface area contributed by atoms with Crippen LogP contribution in [0.5, 0.6) is 0 Å². The summed E-state index contributed by atoms with van der Waals surface area (Å²) in [5.74, 6) is 0.800. The van der Waals surface area contributed by atoms with Gasteiger partial charge >= 0.3 is 5.97 Å². The van der Waals surface area contributed by atoms with Gasteiger partial charge in [-0.2, -0.15) is 0 Å². The van der Waals surface area contributed by atoms with Crippen LogP contribution in [0.1, 0.15) is 49.8 Å². The van der Waals surface area contributed by atoms with Crippen LogP contribution in [0.3, 0.4) is 0 Å². The Morgan fingerprint density at radius 1 is 1.19 bits per heavy atom. The highest BCUT2D eigenvalue weighted by atomic mass is 16.4. The largest absolute Gasteiger partial charge is 0.481 e. The second kappa shape index (κ2) is 6.41. The monoisotopic (exact) mass is 289 g/mol. The molecule has 0 atom stereocenters. The topological polar surface area (TPSA) is 75.1 Å². The zero-order valence-corrected chi connectivity index (χ0v) is 12.3. The van der Waals surface area contributed by atoms with Gasteiger partial charge in [0.2, 0.25) is 0 Å². The molecule has 2 aliphatic carbocycles. The predicted octanol–water partition coefficient (Wildman–Crippen LogP) is 2.66. The third kappa shape index (κ3) is 3.34. The van der Waals surface area contributed by atoms with Crippen molar-refractivity contribution in [1.29, 1.82) is 0 Å². The van der Waals surface area contributed by atoms with E-state index in [0.717, 1.165) is 50.9 Å². The molecule has 0 radical (unpaired) electrons. The second-order valence-electron chi connectivity index (χ2n) is 6.29. The first kappa shape index (κ1) is 14.3. The van der Waals surface area contributed by atoms with Crippen LogP contribution in [-0.4, -0.2) is 27.6 Å². The summed E-state index contributed by atoms with van der Waals surface area (Å²) < 4.78 is 0. The highest BCUT2D eigenvalue weighted by Crippen LogP contribution is 2.30. The van der Waals surface area contributed by atoms with E-state index in [2.05, 4.69) is 15.3 Å². The normalized spacial score (nSPS) is 25.1. The minimum Gasteiger partial charge on any atom is -0.481 e. The fourth-order valence-corrected chi connectivity index (χ4v) is 3.53. The van der Waals surface area contributed by atoms with Gasteiger partial charge in [-0.1, -0.05) is 0 Å².